The van der Waals surface area contributed by atoms with E-state index in [1.165, 1.54) is 0 Å². The van der Waals surface area contributed by atoms with Gasteiger partial charge in [-0.05, 0) is 57.7 Å². The molecule has 0 aliphatic heterocycles. The quantitative estimate of drug-likeness (QED) is 0.850. The first-order valence-corrected chi connectivity index (χ1v) is 7.63. The van der Waals surface area contributed by atoms with Crippen LogP contribution >= 0.6 is 27.5 Å². The summed E-state index contributed by atoms with van der Waals surface area (Å²) in [6, 6.07) is 11.5. The Morgan fingerprint density at radius 2 is 1.81 bits per heavy atom. The van der Waals surface area contributed by atoms with E-state index in [1.54, 1.807) is 14.2 Å². The van der Waals surface area contributed by atoms with Crippen molar-refractivity contribution in [2.45, 2.75) is 12.5 Å². The number of hydrogen-bond donors (Lipinski definition) is 1. The first-order chi connectivity index (χ1) is 10.0. The number of methoxy groups -OCH3 is 2. The average molecular weight is 371 g/mol. The molecule has 3 nitrogen and oxygen atoms in total. The van der Waals surface area contributed by atoms with Gasteiger partial charge in [0.15, 0.2) is 11.5 Å². The van der Waals surface area contributed by atoms with Gasteiger partial charge in [-0.3, -0.25) is 0 Å². The highest BCUT2D eigenvalue weighted by atomic mass is 79.9. The van der Waals surface area contributed by atoms with Crippen molar-refractivity contribution in [3.63, 3.8) is 0 Å². The Kier molecular flexibility index (Phi) is 5.51. The second-order valence-corrected chi connectivity index (χ2v) is 5.94. The molecular weight excluding hydrogens is 354 g/mol. The van der Waals surface area contributed by atoms with Crippen LogP contribution in [0.4, 0.5) is 0 Å². The van der Waals surface area contributed by atoms with Gasteiger partial charge in [-0.15, -0.1) is 0 Å². The predicted molar refractivity (Wildman–Crippen MR) is 89.3 cm³/mol. The van der Waals surface area contributed by atoms with Crippen molar-refractivity contribution in [2.24, 2.45) is 5.73 Å². The third-order valence-corrected chi connectivity index (χ3v) is 4.49. The molecule has 1 unspecified atom stereocenters. The molecule has 0 radical (unpaired) electrons. The Bertz CT molecular complexity index is 634. The number of rotatable bonds is 5. The minimum absolute atomic E-state index is 0.114. The Morgan fingerprint density at radius 1 is 1.10 bits per heavy atom. The molecular formula is C16H17BrClNO2. The minimum Gasteiger partial charge on any atom is -0.493 e. The lowest BCUT2D eigenvalue weighted by Gasteiger charge is -2.15. The van der Waals surface area contributed by atoms with E-state index in [2.05, 4.69) is 15.9 Å². The third-order valence-electron chi connectivity index (χ3n) is 3.28. The van der Waals surface area contributed by atoms with Gasteiger partial charge >= 0.3 is 0 Å². The Morgan fingerprint density at radius 3 is 2.43 bits per heavy atom. The van der Waals surface area contributed by atoms with Crippen molar-refractivity contribution in [1.82, 2.24) is 0 Å². The largest absolute Gasteiger partial charge is 0.493 e. The van der Waals surface area contributed by atoms with E-state index in [4.69, 9.17) is 26.8 Å². The van der Waals surface area contributed by atoms with E-state index in [9.17, 15) is 0 Å². The fraction of sp³-hybridized carbons (Fsp3) is 0.250. The second kappa shape index (κ2) is 7.16. The molecule has 112 valence electrons. The summed E-state index contributed by atoms with van der Waals surface area (Å²) in [5.41, 5.74) is 8.39. The Balaban J connectivity index is 2.18. The predicted octanol–water partition coefficient (Wildman–Crippen LogP) is 4.36. The van der Waals surface area contributed by atoms with Crippen LogP contribution in [0.15, 0.2) is 40.9 Å². The van der Waals surface area contributed by atoms with Crippen LogP contribution in [-0.4, -0.2) is 14.2 Å². The standard InChI is InChI=1S/C16H17BrClNO2/c1-20-15-6-3-10(8-16(15)21-2)7-14(19)11-4-5-13(18)12(17)9-11/h3-6,8-9,14H,7,19H2,1-2H3. The summed E-state index contributed by atoms with van der Waals surface area (Å²) < 4.78 is 11.4. The van der Waals surface area contributed by atoms with Crippen LogP contribution < -0.4 is 15.2 Å². The van der Waals surface area contributed by atoms with Crippen LogP contribution in [0.25, 0.3) is 0 Å². The molecule has 2 aromatic carbocycles. The molecule has 2 aromatic rings. The van der Waals surface area contributed by atoms with Crippen LogP contribution in [0.2, 0.25) is 5.02 Å². The van der Waals surface area contributed by atoms with Crippen molar-refractivity contribution in [1.29, 1.82) is 0 Å². The first-order valence-electron chi connectivity index (χ1n) is 6.46. The lowest BCUT2D eigenvalue weighted by molar-refractivity contribution is 0.354. The van der Waals surface area contributed by atoms with E-state index in [1.807, 2.05) is 36.4 Å². The number of halogens is 2. The maximum Gasteiger partial charge on any atom is 0.160 e. The Hall–Kier alpha value is -1.23. The first kappa shape index (κ1) is 16.1. The van der Waals surface area contributed by atoms with Gasteiger partial charge in [-0.1, -0.05) is 23.7 Å². The Labute approximate surface area is 138 Å². The van der Waals surface area contributed by atoms with Crippen LogP contribution in [0.1, 0.15) is 17.2 Å². The van der Waals surface area contributed by atoms with Crippen LogP contribution in [-0.2, 0) is 6.42 Å². The molecule has 1 atom stereocenters. The van der Waals surface area contributed by atoms with E-state index in [0.717, 1.165) is 15.6 Å². The summed E-state index contributed by atoms with van der Waals surface area (Å²) in [6.07, 6.45) is 0.703. The zero-order chi connectivity index (χ0) is 15.4. The molecule has 0 aliphatic carbocycles. The molecule has 0 aliphatic rings. The summed E-state index contributed by atoms with van der Waals surface area (Å²) in [4.78, 5) is 0. The molecule has 0 aromatic heterocycles. The van der Waals surface area contributed by atoms with Gasteiger partial charge in [-0.25, -0.2) is 0 Å². The maximum atomic E-state index is 6.27. The molecule has 0 bridgehead atoms. The monoisotopic (exact) mass is 369 g/mol. The van der Waals surface area contributed by atoms with E-state index in [-0.39, 0.29) is 6.04 Å². The molecule has 0 saturated heterocycles. The zero-order valence-electron chi connectivity index (χ0n) is 11.9. The van der Waals surface area contributed by atoms with Crippen LogP contribution in [0, 0.1) is 0 Å². The van der Waals surface area contributed by atoms with Crippen molar-refractivity contribution in [3.8, 4) is 11.5 Å². The topological polar surface area (TPSA) is 44.5 Å². The molecule has 21 heavy (non-hydrogen) atoms. The SMILES string of the molecule is COc1ccc(CC(N)c2ccc(Cl)c(Br)c2)cc1OC. The molecule has 0 amide bonds. The summed E-state index contributed by atoms with van der Waals surface area (Å²) >= 11 is 9.42. The van der Waals surface area contributed by atoms with Gasteiger partial charge in [0.25, 0.3) is 0 Å². The van der Waals surface area contributed by atoms with E-state index < -0.39 is 0 Å². The number of benzene rings is 2. The van der Waals surface area contributed by atoms with E-state index in [0.29, 0.717) is 22.9 Å². The normalized spacial score (nSPS) is 12.0. The van der Waals surface area contributed by atoms with Crippen molar-refractivity contribution in [2.75, 3.05) is 14.2 Å². The highest BCUT2D eigenvalue weighted by Crippen LogP contribution is 2.30. The third kappa shape index (κ3) is 3.90. The van der Waals surface area contributed by atoms with Crippen LogP contribution in [0.3, 0.4) is 0 Å². The number of ether oxygens (including phenoxy) is 2. The molecule has 5 heteroatoms. The smallest absolute Gasteiger partial charge is 0.160 e. The summed E-state index contributed by atoms with van der Waals surface area (Å²) in [7, 11) is 3.24. The van der Waals surface area contributed by atoms with Gasteiger partial charge in [-0.2, -0.15) is 0 Å². The maximum absolute atomic E-state index is 6.27. The fourth-order valence-electron chi connectivity index (χ4n) is 2.12. The number of hydrogen-bond acceptors (Lipinski definition) is 3. The molecule has 0 saturated carbocycles. The minimum atomic E-state index is -0.114. The highest BCUT2D eigenvalue weighted by molar-refractivity contribution is 9.10. The summed E-state index contributed by atoms with van der Waals surface area (Å²) in [6.45, 7) is 0. The fourth-order valence-corrected chi connectivity index (χ4v) is 2.64. The van der Waals surface area contributed by atoms with Crippen molar-refractivity contribution >= 4 is 27.5 Å². The van der Waals surface area contributed by atoms with Crippen molar-refractivity contribution < 1.29 is 9.47 Å². The number of nitrogens with two attached hydrogens (primary N) is 1. The van der Waals surface area contributed by atoms with Gasteiger partial charge in [0, 0.05) is 10.5 Å². The lowest BCUT2D eigenvalue weighted by atomic mass is 9.99. The van der Waals surface area contributed by atoms with Gasteiger partial charge in [0.2, 0.25) is 0 Å². The van der Waals surface area contributed by atoms with Crippen molar-refractivity contribution in [3.05, 3.63) is 57.0 Å². The second-order valence-electron chi connectivity index (χ2n) is 4.67. The molecule has 0 fully saturated rings. The molecule has 0 heterocycles. The highest BCUT2D eigenvalue weighted by Gasteiger charge is 2.11. The molecule has 0 spiro atoms. The average Bonchev–Trinajstić information content (AvgIpc) is 2.49. The van der Waals surface area contributed by atoms with Gasteiger partial charge in [0.1, 0.15) is 0 Å². The zero-order valence-corrected chi connectivity index (χ0v) is 14.2. The molecule has 2 N–H and O–H groups in total. The summed E-state index contributed by atoms with van der Waals surface area (Å²) in [5.74, 6) is 1.42. The summed E-state index contributed by atoms with van der Waals surface area (Å²) in [5, 5.41) is 0.678. The molecule has 2 rings (SSSR count). The van der Waals surface area contributed by atoms with Crippen LogP contribution in [0.5, 0.6) is 11.5 Å². The van der Waals surface area contributed by atoms with Gasteiger partial charge < -0.3 is 15.2 Å². The lowest BCUT2D eigenvalue weighted by Crippen LogP contribution is -2.13. The van der Waals surface area contributed by atoms with E-state index >= 15 is 0 Å². The van der Waals surface area contributed by atoms with Gasteiger partial charge in [0.05, 0.1) is 19.2 Å².